The van der Waals surface area contributed by atoms with Crippen LogP contribution in [0.4, 0.5) is 0 Å². The summed E-state index contributed by atoms with van der Waals surface area (Å²) < 4.78 is 5.26. The highest BCUT2D eigenvalue weighted by atomic mass is 16.5. The number of aliphatic hydroxyl groups excluding tert-OH is 1. The summed E-state index contributed by atoms with van der Waals surface area (Å²) in [7, 11) is 3.31. The molecular weight excluding hydrogens is 244 g/mol. The number of nitrogens with two attached hydrogens (primary N) is 1. The number of amides is 1. The summed E-state index contributed by atoms with van der Waals surface area (Å²) in [4.78, 5) is 13.3. The van der Waals surface area contributed by atoms with E-state index in [9.17, 15) is 4.79 Å². The molecule has 0 saturated carbocycles. The molecule has 106 valence electrons. The van der Waals surface area contributed by atoms with Crippen LogP contribution in [0.25, 0.3) is 0 Å². The summed E-state index contributed by atoms with van der Waals surface area (Å²) in [6, 6.07) is 3.10. The van der Waals surface area contributed by atoms with Crippen molar-refractivity contribution in [3.8, 4) is 5.75 Å². The number of hydrogen-bond acceptors (Lipinski definition) is 4. The SMILES string of the molecule is COc1cc(C)c(CN(C)C(=O)C(N)CO)cc1C. The van der Waals surface area contributed by atoms with Gasteiger partial charge in [-0.2, -0.15) is 0 Å². The summed E-state index contributed by atoms with van der Waals surface area (Å²) in [5.74, 6) is 0.567. The van der Waals surface area contributed by atoms with E-state index in [1.54, 1.807) is 14.2 Å². The molecule has 1 amide bonds. The number of methoxy groups -OCH3 is 1. The third kappa shape index (κ3) is 3.68. The fourth-order valence-corrected chi connectivity index (χ4v) is 1.93. The summed E-state index contributed by atoms with van der Waals surface area (Å²) in [5.41, 5.74) is 8.64. The zero-order valence-electron chi connectivity index (χ0n) is 11.9. The monoisotopic (exact) mass is 266 g/mol. The number of nitrogens with zero attached hydrogens (tertiary/aromatic N) is 1. The van der Waals surface area contributed by atoms with Gasteiger partial charge >= 0.3 is 0 Å². The van der Waals surface area contributed by atoms with E-state index in [2.05, 4.69) is 0 Å². The lowest BCUT2D eigenvalue weighted by Gasteiger charge is -2.22. The van der Waals surface area contributed by atoms with Crippen LogP contribution in [0, 0.1) is 13.8 Å². The van der Waals surface area contributed by atoms with Gasteiger partial charge in [-0.3, -0.25) is 4.79 Å². The number of aryl methyl sites for hydroxylation is 2. The van der Waals surface area contributed by atoms with E-state index >= 15 is 0 Å². The Labute approximate surface area is 114 Å². The first-order valence-corrected chi connectivity index (χ1v) is 6.16. The van der Waals surface area contributed by atoms with Gasteiger partial charge in [-0.05, 0) is 36.6 Å². The van der Waals surface area contributed by atoms with Crippen LogP contribution >= 0.6 is 0 Å². The Morgan fingerprint density at radius 3 is 2.58 bits per heavy atom. The van der Waals surface area contributed by atoms with Crippen molar-refractivity contribution in [2.24, 2.45) is 5.73 Å². The van der Waals surface area contributed by atoms with Gasteiger partial charge in [0, 0.05) is 13.6 Å². The van der Waals surface area contributed by atoms with Crippen molar-refractivity contribution in [3.05, 3.63) is 28.8 Å². The fraction of sp³-hybridized carbons (Fsp3) is 0.500. The first kappa shape index (κ1) is 15.5. The molecule has 0 heterocycles. The molecule has 0 aliphatic heterocycles. The van der Waals surface area contributed by atoms with Crippen LogP contribution in [0.15, 0.2) is 12.1 Å². The van der Waals surface area contributed by atoms with Crippen molar-refractivity contribution in [1.29, 1.82) is 0 Å². The molecule has 3 N–H and O–H groups in total. The molecule has 0 saturated heterocycles. The van der Waals surface area contributed by atoms with Gasteiger partial charge in [0.05, 0.1) is 13.7 Å². The summed E-state index contributed by atoms with van der Waals surface area (Å²) in [6.07, 6.45) is 0. The normalized spacial score (nSPS) is 12.1. The topological polar surface area (TPSA) is 75.8 Å². The van der Waals surface area contributed by atoms with Gasteiger partial charge in [-0.25, -0.2) is 0 Å². The average molecular weight is 266 g/mol. The number of ether oxygens (including phenoxy) is 1. The second-order valence-electron chi connectivity index (χ2n) is 4.73. The number of benzene rings is 1. The number of rotatable bonds is 5. The largest absolute Gasteiger partial charge is 0.496 e. The van der Waals surface area contributed by atoms with Crippen LogP contribution in [-0.2, 0) is 11.3 Å². The van der Waals surface area contributed by atoms with Crippen molar-refractivity contribution in [2.45, 2.75) is 26.4 Å². The van der Waals surface area contributed by atoms with Crippen LogP contribution in [0.5, 0.6) is 5.75 Å². The second kappa shape index (κ2) is 6.54. The van der Waals surface area contributed by atoms with E-state index in [-0.39, 0.29) is 12.5 Å². The van der Waals surface area contributed by atoms with E-state index in [1.165, 1.54) is 4.90 Å². The number of likely N-dealkylation sites (N-methyl/N-ethyl adjacent to an activating group) is 1. The number of aliphatic hydroxyl groups is 1. The molecule has 1 aromatic rings. The molecular formula is C14H22N2O3. The zero-order valence-corrected chi connectivity index (χ0v) is 11.9. The molecule has 0 aliphatic carbocycles. The van der Waals surface area contributed by atoms with Crippen LogP contribution in [0.2, 0.25) is 0 Å². The third-order valence-corrected chi connectivity index (χ3v) is 3.15. The minimum atomic E-state index is -0.857. The standard InChI is InChI=1S/C14H22N2O3/c1-9-6-13(19-4)10(2)5-11(9)7-16(3)14(18)12(15)8-17/h5-6,12,17H,7-8,15H2,1-4H3. The summed E-state index contributed by atoms with van der Waals surface area (Å²) >= 11 is 0. The van der Waals surface area contributed by atoms with Crippen molar-refractivity contribution >= 4 is 5.91 Å². The van der Waals surface area contributed by atoms with Gasteiger partial charge in [0.15, 0.2) is 0 Å². The maximum atomic E-state index is 11.8. The molecule has 5 heteroatoms. The van der Waals surface area contributed by atoms with E-state index in [1.807, 2.05) is 26.0 Å². The molecule has 0 radical (unpaired) electrons. The average Bonchev–Trinajstić information content (AvgIpc) is 2.40. The first-order valence-electron chi connectivity index (χ1n) is 6.16. The molecule has 0 spiro atoms. The summed E-state index contributed by atoms with van der Waals surface area (Å²) in [6.45, 7) is 4.05. The molecule has 1 rings (SSSR count). The highest BCUT2D eigenvalue weighted by molar-refractivity contribution is 5.81. The molecule has 19 heavy (non-hydrogen) atoms. The first-order chi connectivity index (χ1) is 8.90. The number of carbonyl (C=O) groups is 1. The Kier molecular flexibility index (Phi) is 5.32. The van der Waals surface area contributed by atoms with Gasteiger partial charge in [0.2, 0.25) is 5.91 Å². The minimum Gasteiger partial charge on any atom is -0.496 e. The second-order valence-corrected chi connectivity index (χ2v) is 4.73. The lowest BCUT2D eigenvalue weighted by molar-refractivity contribution is -0.132. The molecule has 1 unspecified atom stereocenters. The maximum Gasteiger partial charge on any atom is 0.241 e. The van der Waals surface area contributed by atoms with Crippen molar-refractivity contribution in [2.75, 3.05) is 20.8 Å². The molecule has 0 aromatic heterocycles. The van der Waals surface area contributed by atoms with Gasteiger partial charge in [0.1, 0.15) is 11.8 Å². The maximum absolute atomic E-state index is 11.8. The van der Waals surface area contributed by atoms with E-state index < -0.39 is 6.04 Å². The zero-order chi connectivity index (χ0) is 14.6. The van der Waals surface area contributed by atoms with Crippen molar-refractivity contribution < 1.29 is 14.6 Å². The molecule has 0 fully saturated rings. The number of hydrogen-bond donors (Lipinski definition) is 2. The summed E-state index contributed by atoms with van der Waals surface area (Å²) in [5, 5.41) is 8.90. The molecule has 0 bridgehead atoms. The van der Waals surface area contributed by atoms with Gasteiger partial charge in [-0.15, -0.1) is 0 Å². The van der Waals surface area contributed by atoms with Gasteiger partial charge < -0.3 is 20.5 Å². The van der Waals surface area contributed by atoms with Crippen LogP contribution in [-0.4, -0.2) is 42.7 Å². The number of carbonyl (C=O) groups excluding carboxylic acids is 1. The van der Waals surface area contributed by atoms with E-state index in [0.29, 0.717) is 6.54 Å². The fourth-order valence-electron chi connectivity index (χ4n) is 1.93. The Morgan fingerprint density at radius 1 is 1.42 bits per heavy atom. The van der Waals surface area contributed by atoms with Crippen molar-refractivity contribution in [1.82, 2.24) is 4.90 Å². The Bertz CT molecular complexity index is 460. The Hall–Kier alpha value is -1.59. The lowest BCUT2D eigenvalue weighted by Crippen LogP contribution is -2.43. The predicted octanol–water partition coefficient (Wildman–Crippen LogP) is 0.590. The molecule has 1 atom stereocenters. The molecule has 0 aliphatic rings. The van der Waals surface area contributed by atoms with E-state index in [0.717, 1.165) is 22.4 Å². The lowest BCUT2D eigenvalue weighted by atomic mass is 10.0. The predicted molar refractivity (Wildman–Crippen MR) is 74.0 cm³/mol. The quantitative estimate of drug-likeness (QED) is 0.818. The smallest absolute Gasteiger partial charge is 0.241 e. The van der Waals surface area contributed by atoms with Gasteiger partial charge in [-0.1, -0.05) is 6.07 Å². The Morgan fingerprint density at radius 2 is 2.05 bits per heavy atom. The molecule has 1 aromatic carbocycles. The third-order valence-electron chi connectivity index (χ3n) is 3.15. The highest BCUT2D eigenvalue weighted by Gasteiger charge is 2.18. The van der Waals surface area contributed by atoms with Crippen molar-refractivity contribution in [3.63, 3.8) is 0 Å². The minimum absolute atomic E-state index is 0.268. The highest BCUT2D eigenvalue weighted by Crippen LogP contribution is 2.23. The molecule has 5 nitrogen and oxygen atoms in total. The van der Waals surface area contributed by atoms with Crippen LogP contribution in [0.3, 0.4) is 0 Å². The van der Waals surface area contributed by atoms with E-state index in [4.69, 9.17) is 15.6 Å². The van der Waals surface area contributed by atoms with Gasteiger partial charge in [0.25, 0.3) is 0 Å². The van der Waals surface area contributed by atoms with Crippen LogP contribution < -0.4 is 10.5 Å². The van der Waals surface area contributed by atoms with Crippen LogP contribution in [0.1, 0.15) is 16.7 Å². The Balaban J connectivity index is 2.88.